The SMILES string of the molecule is Cc1cccc(C2CC(=O)c3cn4nc(SCC(=O)c5ccccc5)nc4nc3C2)c1. The molecule has 0 saturated carbocycles. The second-order valence-electron chi connectivity index (χ2n) is 7.76. The van der Waals surface area contributed by atoms with Gasteiger partial charge in [-0.15, -0.1) is 5.10 Å². The van der Waals surface area contributed by atoms with Gasteiger partial charge in [-0.25, -0.2) is 9.50 Å². The minimum atomic E-state index is 0.0212. The molecule has 2 heterocycles. The average molecular weight is 429 g/mol. The Hall–Kier alpha value is -3.32. The first-order valence-corrected chi connectivity index (χ1v) is 11.1. The van der Waals surface area contributed by atoms with E-state index in [2.05, 4.69) is 40.2 Å². The second kappa shape index (κ2) is 8.07. The Morgan fingerprint density at radius 2 is 1.94 bits per heavy atom. The van der Waals surface area contributed by atoms with E-state index in [0.29, 0.717) is 34.9 Å². The van der Waals surface area contributed by atoms with Crippen LogP contribution in [-0.2, 0) is 6.42 Å². The monoisotopic (exact) mass is 428 g/mol. The highest BCUT2D eigenvalue weighted by atomic mass is 32.2. The molecule has 0 spiro atoms. The topological polar surface area (TPSA) is 77.2 Å². The molecule has 0 aliphatic heterocycles. The highest BCUT2D eigenvalue weighted by Crippen LogP contribution is 2.32. The Morgan fingerprint density at radius 1 is 1.10 bits per heavy atom. The van der Waals surface area contributed by atoms with Crippen LogP contribution in [0.1, 0.15) is 49.9 Å². The summed E-state index contributed by atoms with van der Waals surface area (Å²) in [5.41, 5.74) is 4.39. The van der Waals surface area contributed by atoms with Crippen LogP contribution in [0.2, 0.25) is 0 Å². The van der Waals surface area contributed by atoms with Gasteiger partial charge in [0.1, 0.15) is 0 Å². The van der Waals surface area contributed by atoms with Crippen molar-refractivity contribution in [2.75, 3.05) is 5.75 Å². The number of hydrogen-bond acceptors (Lipinski definition) is 6. The lowest BCUT2D eigenvalue weighted by Gasteiger charge is -2.23. The third-order valence-electron chi connectivity index (χ3n) is 5.50. The molecule has 0 saturated heterocycles. The predicted molar refractivity (Wildman–Crippen MR) is 119 cm³/mol. The summed E-state index contributed by atoms with van der Waals surface area (Å²) in [5.74, 6) is 0.912. The molecule has 7 heteroatoms. The molecule has 2 aromatic heterocycles. The first-order chi connectivity index (χ1) is 15.1. The predicted octanol–water partition coefficient (Wildman–Crippen LogP) is 4.32. The number of Topliss-reactive ketones (excluding diaryl/α,β-unsaturated/α-hetero) is 2. The van der Waals surface area contributed by atoms with Crippen molar-refractivity contribution in [3.05, 3.63) is 88.7 Å². The van der Waals surface area contributed by atoms with Crippen molar-refractivity contribution in [3.8, 4) is 0 Å². The minimum absolute atomic E-state index is 0.0212. The van der Waals surface area contributed by atoms with Crippen LogP contribution in [0.25, 0.3) is 5.78 Å². The van der Waals surface area contributed by atoms with Crippen LogP contribution in [0.15, 0.2) is 66.0 Å². The molecule has 154 valence electrons. The molecule has 31 heavy (non-hydrogen) atoms. The van der Waals surface area contributed by atoms with Gasteiger partial charge in [0.05, 0.1) is 17.0 Å². The molecule has 1 atom stereocenters. The molecule has 1 aliphatic carbocycles. The fraction of sp³-hybridized carbons (Fsp3) is 0.208. The van der Waals surface area contributed by atoms with Gasteiger partial charge in [0.2, 0.25) is 5.16 Å². The molecule has 6 nitrogen and oxygen atoms in total. The van der Waals surface area contributed by atoms with Crippen molar-refractivity contribution in [2.24, 2.45) is 0 Å². The Bertz CT molecular complexity index is 1300. The molecule has 2 aromatic carbocycles. The van der Waals surface area contributed by atoms with Gasteiger partial charge in [0.25, 0.3) is 5.78 Å². The number of carbonyl (C=O) groups excluding carboxylic acids is 2. The lowest BCUT2D eigenvalue weighted by molar-refractivity contribution is 0.0961. The Balaban J connectivity index is 1.38. The molecule has 0 bridgehead atoms. The molecule has 0 amide bonds. The molecule has 0 fully saturated rings. The summed E-state index contributed by atoms with van der Waals surface area (Å²) in [6.07, 6.45) is 2.89. The fourth-order valence-corrected chi connectivity index (χ4v) is 4.64. The third-order valence-corrected chi connectivity index (χ3v) is 6.34. The standard InChI is InChI=1S/C24H20N4O2S/c1-15-6-5-9-17(10-15)18-11-20-19(21(29)12-18)13-28-23(25-20)26-24(27-28)31-14-22(30)16-7-3-2-4-8-16/h2-10,13,18H,11-12,14H2,1H3. The normalized spacial score (nSPS) is 15.8. The van der Waals surface area contributed by atoms with Gasteiger partial charge >= 0.3 is 0 Å². The number of aryl methyl sites for hydroxylation is 1. The van der Waals surface area contributed by atoms with Crippen LogP contribution in [-0.4, -0.2) is 36.9 Å². The number of benzene rings is 2. The summed E-state index contributed by atoms with van der Waals surface area (Å²) in [7, 11) is 0. The van der Waals surface area contributed by atoms with Crippen molar-refractivity contribution in [1.82, 2.24) is 19.6 Å². The maximum atomic E-state index is 12.8. The van der Waals surface area contributed by atoms with E-state index in [9.17, 15) is 9.59 Å². The molecule has 1 aliphatic rings. The third kappa shape index (κ3) is 4.01. The number of rotatable bonds is 5. The van der Waals surface area contributed by atoms with Crippen LogP contribution in [0.5, 0.6) is 0 Å². The number of nitrogens with zero attached hydrogens (tertiary/aromatic N) is 4. The average Bonchev–Trinajstić information content (AvgIpc) is 3.18. The second-order valence-corrected chi connectivity index (χ2v) is 8.70. The highest BCUT2D eigenvalue weighted by Gasteiger charge is 2.28. The van der Waals surface area contributed by atoms with E-state index in [-0.39, 0.29) is 23.2 Å². The van der Waals surface area contributed by atoms with Gasteiger partial charge in [-0.2, -0.15) is 4.98 Å². The zero-order chi connectivity index (χ0) is 21.4. The van der Waals surface area contributed by atoms with Gasteiger partial charge in [-0.05, 0) is 24.8 Å². The largest absolute Gasteiger partial charge is 0.294 e. The number of fused-ring (bicyclic) bond motifs is 2. The molecular formula is C24H20N4O2S. The Morgan fingerprint density at radius 3 is 2.74 bits per heavy atom. The number of hydrogen-bond donors (Lipinski definition) is 0. The number of aromatic nitrogens is 4. The van der Waals surface area contributed by atoms with Gasteiger partial charge in [-0.1, -0.05) is 71.9 Å². The maximum Gasteiger partial charge on any atom is 0.253 e. The number of carbonyl (C=O) groups is 2. The van der Waals surface area contributed by atoms with E-state index in [1.54, 1.807) is 22.8 Å². The number of ketones is 2. The van der Waals surface area contributed by atoms with Crippen molar-refractivity contribution in [3.63, 3.8) is 0 Å². The summed E-state index contributed by atoms with van der Waals surface area (Å²) >= 11 is 1.27. The van der Waals surface area contributed by atoms with Gasteiger partial charge < -0.3 is 0 Å². The molecule has 0 radical (unpaired) electrons. The van der Waals surface area contributed by atoms with Crippen LogP contribution in [0.3, 0.4) is 0 Å². The van der Waals surface area contributed by atoms with Crippen LogP contribution < -0.4 is 0 Å². The molecule has 4 aromatic rings. The fourth-order valence-electron chi connectivity index (χ4n) is 3.92. The molecule has 5 rings (SSSR count). The van der Waals surface area contributed by atoms with E-state index in [1.807, 2.05) is 24.3 Å². The van der Waals surface area contributed by atoms with Crippen LogP contribution in [0, 0.1) is 6.92 Å². The maximum absolute atomic E-state index is 12.8. The molecular weight excluding hydrogens is 408 g/mol. The van der Waals surface area contributed by atoms with Gasteiger partial charge in [0.15, 0.2) is 11.6 Å². The van der Waals surface area contributed by atoms with E-state index in [4.69, 9.17) is 0 Å². The van der Waals surface area contributed by atoms with E-state index < -0.39 is 0 Å². The highest BCUT2D eigenvalue weighted by molar-refractivity contribution is 7.99. The first kappa shape index (κ1) is 19.6. The van der Waals surface area contributed by atoms with Gasteiger partial charge in [0, 0.05) is 18.2 Å². The van der Waals surface area contributed by atoms with Crippen molar-refractivity contribution >= 4 is 29.1 Å². The molecule has 1 unspecified atom stereocenters. The van der Waals surface area contributed by atoms with E-state index in [1.165, 1.54) is 17.3 Å². The van der Waals surface area contributed by atoms with Crippen molar-refractivity contribution < 1.29 is 9.59 Å². The summed E-state index contributed by atoms with van der Waals surface area (Å²) in [4.78, 5) is 34.3. The Kier molecular flexibility index (Phi) is 5.11. The first-order valence-electron chi connectivity index (χ1n) is 10.1. The van der Waals surface area contributed by atoms with E-state index in [0.717, 1.165) is 11.3 Å². The summed E-state index contributed by atoms with van der Waals surface area (Å²) in [6, 6.07) is 17.5. The van der Waals surface area contributed by atoms with Crippen LogP contribution in [0.4, 0.5) is 0 Å². The summed E-state index contributed by atoms with van der Waals surface area (Å²) in [5, 5.41) is 4.89. The molecule has 0 N–H and O–H groups in total. The van der Waals surface area contributed by atoms with Crippen molar-refractivity contribution in [2.45, 2.75) is 30.8 Å². The zero-order valence-corrected chi connectivity index (χ0v) is 17.8. The van der Waals surface area contributed by atoms with Crippen LogP contribution >= 0.6 is 11.8 Å². The summed E-state index contributed by atoms with van der Waals surface area (Å²) < 4.78 is 1.54. The lowest BCUT2D eigenvalue weighted by atomic mass is 9.82. The quantitative estimate of drug-likeness (QED) is 0.348. The minimum Gasteiger partial charge on any atom is -0.294 e. The lowest BCUT2D eigenvalue weighted by Crippen LogP contribution is -2.21. The van der Waals surface area contributed by atoms with Gasteiger partial charge in [-0.3, -0.25) is 9.59 Å². The van der Waals surface area contributed by atoms with Crippen molar-refractivity contribution in [1.29, 1.82) is 0 Å². The summed E-state index contributed by atoms with van der Waals surface area (Å²) in [6.45, 7) is 2.06. The zero-order valence-electron chi connectivity index (χ0n) is 17.0. The Labute approximate surface area is 183 Å². The van der Waals surface area contributed by atoms with E-state index >= 15 is 0 Å². The number of thioether (sulfide) groups is 1. The smallest absolute Gasteiger partial charge is 0.253 e.